The number of rotatable bonds is 3. The second-order valence-electron chi connectivity index (χ2n) is 4.28. The Morgan fingerprint density at radius 1 is 1.29 bits per heavy atom. The fourth-order valence-corrected chi connectivity index (χ4v) is 1.67. The molecular weight excluding hydrogens is 287 g/mol. The second kappa shape index (κ2) is 5.59. The van der Waals surface area contributed by atoms with E-state index in [-0.39, 0.29) is 12.5 Å². The minimum Gasteiger partial charge on any atom is -0.460 e. The highest BCUT2D eigenvalue weighted by Gasteiger charge is 2.41. The molecule has 0 radical (unpaired) electrons. The van der Waals surface area contributed by atoms with Crippen molar-refractivity contribution < 1.29 is 27.1 Å². The van der Waals surface area contributed by atoms with E-state index < -0.39 is 23.6 Å². The molecule has 112 valence electrons. The maximum atomic E-state index is 12.9. The molecule has 0 aliphatic rings. The highest BCUT2D eigenvalue weighted by molar-refractivity contribution is 5.88. The minimum absolute atomic E-state index is 0.0588. The number of aryl methyl sites for hydroxylation is 1. The molecule has 1 aromatic heterocycles. The Hall–Kier alpha value is -2.31. The van der Waals surface area contributed by atoms with Crippen LogP contribution in [0.25, 0.3) is 11.5 Å². The van der Waals surface area contributed by atoms with Crippen LogP contribution >= 0.6 is 0 Å². The number of alkyl halides is 3. The van der Waals surface area contributed by atoms with E-state index in [9.17, 15) is 18.0 Å². The van der Waals surface area contributed by atoms with E-state index in [2.05, 4.69) is 9.72 Å². The summed E-state index contributed by atoms with van der Waals surface area (Å²) in [6.45, 7) is 3.27. The zero-order chi connectivity index (χ0) is 15.6. The van der Waals surface area contributed by atoms with Crippen LogP contribution < -0.4 is 0 Å². The first kappa shape index (κ1) is 15.1. The molecule has 0 N–H and O–H groups in total. The lowest BCUT2D eigenvalue weighted by Gasteiger charge is -2.03. The Bertz CT molecular complexity index is 644. The van der Waals surface area contributed by atoms with Gasteiger partial charge >= 0.3 is 12.1 Å². The minimum atomic E-state index is -4.80. The lowest BCUT2D eigenvalue weighted by molar-refractivity contribution is -0.141. The number of halogens is 3. The lowest BCUT2D eigenvalue weighted by atomic mass is 10.1. The average Bonchev–Trinajstić information content (AvgIpc) is 2.85. The maximum absolute atomic E-state index is 12.9. The van der Waals surface area contributed by atoms with E-state index in [4.69, 9.17) is 4.42 Å². The summed E-state index contributed by atoms with van der Waals surface area (Å²) < 4.78 is 48.3. The first-order chi connectivity index (χ1) is 9.82. The zero-order valence-corrected chi connectivity index (χ0v) is 11.3. The van der Waals surface area contributed by atoms with E-state index in [1.165, 1.54) is 6.92 Å². The molecule has 0 aliphatic carbocycles. The van der Waals surface area contributed by atoms with Crippen LogP contribution in [-0.2, 0) is 10.9 Å². The number of ether oxygens (including phenoxy) is 1. The van der Waals surface area contributed by atoms with Crippen molar-refractivity contribution in [3.05, 3.63) is 41.3 Å². The second-order valence-corrected chi connectivity index (χ2v) is 4.28. The van der Waals surface area contributed by atoms with Gasteiger partial charge in [0.1, 0.15) is 0 Å². The van der Waals surface area contributed by atoms with Crippen molar-refractivity contribution in [1.82, 2.24) is 4.98 Å². The fraction of sp³-hybridized carbons (Fsp3) is 0.286. The van der Waals surface area contributed by atoms with Gasteiger partial charge in [-0.15, -0.1) is 0 Å². The summed E-state index contributed by atoms with van der Waals surface area (Å²) >= 11 is 0. The van der Waals surface area contributed by atoms with Crippen LogP contribution in [0.3, 0.4) is 0 Å². The molecule has 0 atom stereocenters. The summed E-state index contributed by atoms with van der Waals surface area (Å²) in [6.07, 6.45) is -4.80. The molecule has 4 nitrogen and oxygen atoms in total. The number of carbonyl (C=O) groups excluding carboxylic acids is 1. The van der Waals surface area contributed by atoms with Gasteiger partial charge in [0.15, 0.2) is 5.69 Å². The fourth-order valence-electron chi connectivity index (χ4n) is 1.67. The number of hydrogen-bond donors (Lipinski definition) is 0. The average molecular weight is 299 g/mol. The van der Waals surface area contributed by atoms with Gasteiger partial charge in [-0.2, -0.15) is 13.2 Å². The predicted octanol–water partition coefficient (Wildman–Crippen LogP) is 3.85. The van der Waals surface area contributed by atoms with Crippen LogP contribution in [0.1, 0.15) is 28.7 Å². The van der Waals surface area contributed by atoms with Crippen molar-refractivity contribution in [2.24, 2.45) is 0 Å². The first-order valence-corrected chi connectivity index (χ1v) is 6.15. The molecule has 2 rings (SSSR count). The molecule has 0 saturated carbocycles. The Morgan fingerprint density at radius 2 is 1.90 bits per heavy atom. The van der Waals surface area contributed by atoms with E-state index in [1.807, 2.05) is 6.92 Å². The molecule has 2 aromatic rings. The van der Waals surface area contributed by atoms with Gasteiger partial charge in [-0.1, -0.05) is 17.7 Å². The van der Waals surface area contributed by atoms with Crippen LogP contribution in [0.4, 0.5) is 13.2 Å². The number of nitrogens with zero attached hydrogens (tertiary/aromatic N) is 1. The van der Waals surface area contributed by atoms with E-state index >= 15 is 0 Å². The van der Waals surface area contributed by atoms with Crippen molar-refractivity contribution in [1.29, 1.82) is 0 Å². The molecule has 0 bridgehead atoms. The summed E-state index contributed by atoms with van der Waals surface area (Å²) in [5.74, 6) is -2.39. The molecule has 0 saturated heterocycles. The number of aromatic nitrogens is 1. The summed E-state index contributed by atoms with van der Waals surface area (Å²) in [4.78, 5) is 14.9. The number of benzene rings is 1. The molecule has 0 fully saturated rings. The highest BCUT2D eigenvalue weighted by Crippen LogP contribution is 2.34. The van der Waals surface area contributed by atoms with Gasteiger partial charge in [-0.3, -0.25) is 0 Å². The largest absolute Gasteiger partial charge is 0.460 e. The molecule has 7 heteroatoms. The van der Waals surface area contributed by atoms with Gasteiger partial charge in [0.2, 0.25) is 11.7 Å². The molecule has 1 heterocycles. The van der Waals surface area contributed by atoms with Gasteiger partial charge in [0.05, 0.1) is 6.61 Å². The summed E-state index contributed by atoms with van der Waals surface area (Å²) in [5.41, 5.74) is -0.0925. The normalized spacial score (nSPS) is 11.5. The zero-order valence-electron chi connectivity index (χ0n) is 11.3. The third-order valence-corrected chi connectivity index (χ3v) is 2.66. The lowest BCUT2D eigenvalue weighted by Crippen LogP contribution is -2.14. The van der Waals surface area contributed by atoms with E-state index in [0.29, 0.717) is 5.56 Å². The van der Waals surface area contributed by atoms with Crippen LogP contribution in [0.15, 0.2) is 28.7 Å². The van der Waals surface area contributed by atoms with Crippen molar-refractivity contribution in [3.63, 3.8) is 0 Å². The SMILES string of the molecule is CCOC(=O)c1oc(-c2ccc(C)cc2)nc1C(F)(F)F. The van der Waals surface area contributed by atoms with Gasteiger partial charge in [-0.25, -0.2) is 9.78 Å². The predicted molar refractivity (Wildman–Crippen MR) is 67.6 cm³/mol. The number of oxazole rings is 1. The molecule has 0 amide bonds. The molecule has 0 unspecified atom stereocenters. The van der Waals surface area contributed by atoms with Crippen LogP contribution in [-0.4, -0.2) is 17.6 Å². The quantitative estimate of drug-likeness (QED) is 0.808. The third kappa shape index (κ3) is 3.24. The molecule has 0 spiro atoms. The summed E-state index contributed by atoms with van der Waals surface area (Å²) in [6, 6.07) is 6.54. The Morgan fingerprint density at radius 3 is 2.43 bits per heavy atom. The molecule has 1 aromatic carbocycles. The first-order valence-electron chi connectivity index (χ1n) is 6.15. The van der Waals surface area contributed by atoms with Gasteiger partial charge < -0.3 is 9.15 Å². The third-order valence-electron chi connectivity index (χ3n) is 2.66. The van der Waals surface area contributed by atoms with Gasteiger partial charge in [-0.05, 0) is 26.0 Å². The summed E-state index contributed by atoms with van der Waals surface area (Å²) in [7, 11) is 0. The Balaban J connectivity index is 2.50. The standard InChI is InChI=1S/C14H12F3NO3/c1-3-20-13(19)10-11(14(15,16)17)18-12(21-10)9-6-4-8(2)5-7-9/h4-7H,3H2,1-2H3. The van der Waals surface area contributed by atoms with E-state index in [1.54, 1.807) is 24.3 Å². The smallest absolute Gasteiger partial charge is 0.437 e. The monoisotopic (exact) mass is 299 g/mol. The van der Waals surface area contributed by atoms with Crippen LogP contribution in [0, 0.1) is 6.92 Å². The Labute approximate surface area is 118 Å². The number of hydrogen-bond acceptors (Lipinski definition) is 4. The van der Waals surface area contributed by atoms with Crippen molar-refractivity contribution in [2.45, 2.75) is 20.0 Å². The molecule has 0 aliphatic heterocycles. The van der Waals surface area contributed by atoms with Crippen molar-refractivity contribution in [2.75, 3.05) is 6.61 Å². The molecular formula is C14H12F3NO3. The van der Waals surface area contributed by atoms with Crippen molar-refractivity contribution in [3.8, 4) is 11.5 Å². The highest BCUT2D eigenvalue weighted by atomic mass is 19.4. The maximum Gasteiger partial charge on any atom is 0.437 e. The van der Waals surface area contributed by atoms with Gasteiger partial charge in [0, 0.05) is 5.56 Å². The Kier molecular flexibility index (Phi) is 4.02. The summed E-state index contributed by atoms with van der Waals surface area (Å²) in [5, 5.41) is 0. The number of esters is 1. The van der Waals surface area contributed by atoms with Crippen LogP contribution in [0.5, 0.6) is 0 Å². The van der Waals surface area contributed by atoms with E-state index in [0.717, 1.165) is 5.56 Å². The topological polar surface area (TPSA) is 52.3 Å². The number of carbonyl (C=O) groups is 1. The van der Waals surface area contributed by atoms with Crippen molar-refractivity contribution >= 4 is 5.97 Å². The molecule has 21 heavy (non-hydrogen) atoms. The van der Waals surface area contributed by atoms with Crippen LogP contribution in [0.2, 0.25) is 0 Å². The van der Waals surface area contributed by atoms with Gasteiger partial charge in [0.25, 0.3) is 0 Å².